The summed E-state index contributed by atoms with van der Waals surface area (Å²) in [5.41, 5.74) is 3.77. The highest BCUT2D eigenvalue weighted by Gasteiger charge is 2.23. The quantitative estimate of drug-likeness (QED) is 0.631. The molecule has 3 heterocycles. The van der Waals surface area contributed by atoms with E-state index in [2.05, 4.69) is 20.3 Å². The van der Waals surface area contributed by atoms with Crippen molar-refractivity contribution in [2.75, 3.05) is 19.6 Å². The number of nitrogens with one attached hydrogen (secondary N) is 1. The number of carbonyl (C=O) groups excluding carboxylic acids is 1. The van der Waals surface area contributed by atoms with Crippen molar-refractivity contribution >= 4 is 16.8 Å². The van der Waals surface area contributed by atoms with E-state index in [0.717, 1.165) is 80.2 Å². The van der Waals surface area contributed by atoms with Crippen molar-refractivity contribution in [3.05, 3.63) is 69.8 Å². The summed E-state index contributed by atoms with van der Waals surface area (Å²) in [5.74, 6) is -0.0566. The molecule has 2 aliphatic rings. The zero-order chi connectivity index (χ0) is 22.6. The van der Waals surface area contributed by atoms with Crippen LogP contribution in [-0.2, 0) is 19.4 Å². The fourth-order valence-electron chi connectivity index (χ4n) is 5.10. The van der Waals surface area contributed by atoms with Gasteiger partial charge in [-0.2, -0.15) is 5.10 Å². The molecule has 1 fully saturated rings. The lowest BCUT2D eigenvalue weighted by Gasteiger charge is -2.35. The van der Waals surface area contributed by atoms with Crippen molar-refractivity contribution in [1.82, 2.24) is 25.0 Å². The topological polar surface area (TPSA) is 80.1 Å². The number of pyridine rings is 1. The number of hydrogen-bond donors (Lipinski definition) is 1. The number of nitrogens with zero attached hydrogens (tertiary/aromatic N) is 4. The first-order valence-electron chi connectivity index (χ1n) is 12.1. The predicted molar refractivity (Wildman–Crippen MR) is 128 cm³/mol. The van der Waals surface area contributed by atoms with Crippen molar-refractivity contribution in [2.24, 2.45) is 0 Å². The fraction of sp³-hybridized carbons (Fsp3) is 0.462. The van der Waals surface area contributed by atoms with Crippen molar-refractivity contribution in [2.45, 2.75) is 57.5 Å². The molecule has 1 aliphatic carbocycles. The maximum Gasteiger partial charge on any atom is 0.267 e. The Bertz CT molecular complexity index is 1200. The lowest BCUT2D eigenvalue weighted by atomic mass is 9.97. The summed E-state index contributed by atoms with van der Waals surface area (Å²) in [4.78, 5) is 32.0. The number of piperidine rings is 1. The van der Waals surface area contributed by atoms with Gasteiger partial charge in [0.25, 0.3) is 11.5 Å². The van der Waals surface area contributed by atoms with E-state index in [1.165, 1.54) is 0 Å². The second-order valence-corrected chi connectivity index (χ2v) is 9.19. The summed E-state index contributed by atoms with van der Waals surface area (Å²) in [6, 6.07) is 11.5. The molecule has 33 heavy (non-hydrogen) atoms. The smallest absolute Gasteiger partial charge is 0.267 e. The number of rotatable bonds is 6. The Morgan fingerprint density at radius 3 is 2.91 bits per heavy atom. The van der Waals surface area contributed by atoms with Crippen LogP contribution in [-0.4, -0.2) is 51.2 Å². The first kappa shape index (κ1) is 21.8. The molecule has 0 bridgehead atoms. The highest BCUT2D eigenvalue weighted by molar-refractivity contribution is 5.97. The minimum atomic E-state index is -0.0566. The highest BCUT2D eigenvalue weighted by atomic mass is 16.1. The minimum absolute atomic E-state index is 0.00306. The number of carbonyl (C=O) groups is 1. The van der Waals surface area contributed by atoms with Gasteiger partial charge in [0, 0.05) is 42.3 Å². The molecule has 2 aromatic heterocycles. The molecular formula is C26H31N5O2. The number of benzene rings is 1. The van der Waals surface area contributed by atoms with Crippen LogP contribution in [0.1, 0.15) is 53.7 Å². The monoisotopic (exact) mass is 445 g/mol. The molecule has 0 spiro atoms. The lowest BCUT2D eigenvalue weighted by molar-refractivity contribution is 0.0909. The van der Waals surface area contributed by atoms with Gasteiger partial charge in [0.05, 0.1) is 17.8 Å². The number of hydrogen-bond acceptors (Lipinski definition) is 5. The first-order valence-corrected chi connectivity index (χ1v) is 12.1. The Labute approximate surface area is 193 Å². The summed E-state index contributed by atoms with van der Waals surface area (Å²) >= 11 is 0. The van der Waals surface area contributed by atoms with E-state index < -0.39 is 0 Å². The molecule has 1 N–H and O–H groups in total. The Morgan fingerprint density at radius 2 is 1.97 bits per heavy atom. The number of amides is 1. The van der Waals surface area contributed by atoms with Crippen molar-refractivity contribution in [1.29, 1.82) is 0 Å². The number of aryl methyl sites for hydroxylation is 2. The van der Waals surface area contributed by atoms with Gasteiger partial charge in [-0.15, -0.1) is 0 Å². The van der Waals surface area contributed by atoms with Crippen LogP contribution in [0.2, 0.25) is 0 Å². The molecule has 1 atom stereocenters. The first-order chi connectivity index (χ1) is 16.2. The highest BCUT2D eigenvalue weighted by Crippen LogP contribution is 2.19. The Balaban J connectivity index is 1.21. The number of fused-ring (bicyclic) bond motifs is 2. The molecule has 1 aromatic carbocycles. The molecule has 7 nitrogen and oxygen atoms in total. The van der Waals surface area contributed by atoms with Crippen LogP contribution < -0.4 is 10.9 Å². The van der Waals surface area contributed by atoms with Crippen LogP contribution in [0.5, 0.6) is 0 Å². The van der Waals surface area contributed by atoms with Crippen molar-refractivity contribution in [3.8, 4) is 0 Å². The molecule has 1 amide bonds. The molecule has 0 radical (unpaired) electrons. The molecule has 172 valence electrons. The van der Waals surface area contributed by atoms with Crippen LogP contribution in [0.3, 0.4) is 0 Å². The largest absolute Gasteiger partial charge is 0.350 e. The van der Waals surface area contributed by atoms with Gasteiger partial charge in [0.1, 0.15) is 0 Å². The zero-order valence-corrected chi connectivity index (χ0v) is 19.0. The summed E-state index contributed by atoms with van der Waals surface area (Å²) in [7, 11) is 0. The van der Waals surface area contributed by atoms with E-state index in [1.54, 1.807) is 16.9 Å². The molecule has 1 aliphatic heterocycles. The van der Waals surface area contributed by atoms with Gasteiger partial charge in [-0.1, -0.05) is 12.5 Å². The zero-order valence-electron chi connectivity index (χ0n) is 19.0. The van der Waals surface area contributed by atoms with E-state index >= 15 is 0 Å². The van der Waals surface area contributed by atoms with Crippen LogP contribution in [0.15, 0.2) is 47.4 Å². The van der Waals surface area contributed by atoms with Gasteiger partial charge in [0.15, 0.2) is 0 Å². The SMILES string of the molecule is O=C(NCC1CCCCN1CCn1nc2c(cc1=O)CCCC2)c1ccc2ncccc2c1. The van der Waals surface area contributed by atoms with E-state index in [-0.39, 0.29) is 17.5 Å². The molecular weight excluding hydrogens is 414 g/mol. The predicted octanol–water partition coefficient (Wildman–Crippen LogP) is 2.95. The molecule has 3 aromatic rings. The molecule has 1 saturated heterocycles. The third kappa shape index (κ3) is 4.98. The molecule has 5 rings (SSSR count). The summed E-state index contributed by atoms with van der Waals surface area (Å²) in [6.45, 7) is 2.96. The van der Waals surface area contributed by atoms with E-state index in [9.17, 15) is 9.59 Å². The van der Waals surface area contributed by atoms with Gasteiger partial charge in [-0.05, 0) is 74.9 Å². The van der Waals surface area contributed by atoms with Gasteiger partial charge < -0.3 is 5.32 Å². The molecule has 0 saturated carbocycles. The second-order valence-electron chi connectivity index (χ2n) is 9.19. The average molecular weight is 446 g/mol. The maximum atomic E-state index is 12.8. The summed E-state index contributed by atoms with van der Waals surface area (Å²) in [5, 5.41) is 8.76. The third-order valence-electron chi connectivity index (χ3n) is 6.99. The van der Waals surface area contributed by atoms with Crippen LogP contribution in [0, 0.1) is 0 Å². The normalized spacial score (nSPS) is 18.7. The number of aromatic nitrogens is 3. The van der Waals surface area contributed by atoms with Crippen molar-refractivity contribution in [3.63, 3.8) is 0 Å². The lowest BCUT2D eigenvalue weighted by Crippen LogP contribution is -2.48. The van der Waals surface area contributed by atoms with Gasteiger partial charge >= 0.3 is 0 Å². The van der Waals surface area contributed by atoms with E-state index in [0.29, 0.717) is 18.7 Å². The van der Waals surface area contributed by atoms with Gasteiger partial charge in [-0.25, -0.2) is 4.68 Å². The maximum absolute atomic E-state index is 12.8. The van der Waals surface area contributed by atoms with Gasteiger partial charge in [0.2, 0.25) is 0 Å². The fourth-order valence-corrected chi connectivity index (χ4v) is 5.10. The third-order valence-corrected chi connectivity index (χ3v) is 6.99. The second kappa shape index (κ2) is 9.83. The average Bonchev–Trinajstić information content (AvgIpc) is 2.86. The molecule has 7 heteroatoms. The minimum Gasteiger partial charge on any atom is -0.350 e. The Morgan fingerprint density at radius 1 is 1.06 bits per heavy atom. The van der Waals surface area contributed by atoms with Gasteiger partial charge in [-0.3, -0.25) is 19.5 Å². The summed E-state index contributed by atoms with van der Waals surface area (Å²) < 4.78 is 1.64. The Hall–Kier alpha value is -3.06. The van der Waals surface area contributed by atoms with E-state index in [4.69, 9.17) is 0 Å². The van der Waals surface area contributed by atoms with Crippen molar-refractivity contribution < 1.29 is 4.79 Å². The molecule has 1 unspecified atom stereocenters. The Kier molecular flexibility index (Phi) is 6.48. The summed E-state index contributed by atoms with van der Waals surface area (Å²) in [6.07, 6.45) is 9.36. The number of likely N-dealkylation sites (tertiary alicyclic amines) is 1. The van der Waals surface area contributed by atoms with E-state index in [1.807, 2.05) is 30.3 Å². The van der Waals surface area contributed by atoms with Crippen LogP contribution in [0.25, 0.3) is 10.9 Å². The standard InChI is InChI=1S/C26H31N5O2/c32-25-17-20-6-1-2-9-24(20)29-31(25)15-14-30-13-4-3-8-22(30)18-28-26(33)21-10-11-23-19(16-21)7-5-12-27-23/h5,7,10-12,16-17,22H,1-4,6,8-9,13-15,18H2,(H,28,33). The van der Waals surface area contributed by atoms with Crippen LogP contribution >= 0.6 is 0 Å². The van der Waals surface area contributed by atoms with Crippen LogP contribution in [0.4, 0.5) is 0 Å².